The Kier molecular flexibility index (Phi) is 7.17. The van der Waals surface area contributed by atoms with E-state index in [9.17, 15) is 9.36 Å². The van der Waals surface area contributed by atoms with Crippen LogP contribution in [-0.2, 0) is 18.5 Å². The summed E-state index contributed by atoms with van der Waals surface area (Å²) in [5, 5.41) is 3.45. The van der Waals surface area contributed by atoms with Crippen molar-refractivity contribution in [2.45, 2.75) is 20.8 Å². The van der Waals surface area contributed by atoms with Crippen molar-refractivity contribution < 1.29 is 23.2 Å². The number of nitrogens with two attached hydrogens (primary N) is 1. The zero-order valence-electron chi connectivity index (χ0n) is 12.8. The van der Waals surface area contributed by atoms with Gasteiger partial charge in [-0.25, -0.2) is 9.78 Å². The van der Waals surface area contributed by atoms with Gasteiger partial charge in [0.15, 0.2) is 11.5 Å². The topological polar surface area (TPSA) is 113 Å². The van der Waals surface area contributed by atoms with Gasteiger partial charge in [-0.3, -0.25) is 4.57 Å². The minimum Gasteiger partial charge on any atom is -0.384 e. The van der Waals surface area contributed by atoms with Gasteiger partial charge in [-0.1, -0.05) is 11.2 Å². The molecule has 122 valence electrons. The summed E-state index contributed by atoms with van der Waals surface area (Å²) in [6.45, 7) is 5.52. The summed E-state index contributed by atoms with van der Waals surface area (Å²) in [5.41, 5.74) is 6.37. The highest BCUT2D eigenvalue weighted by Crippen LogP contribution is 2.47. The van der Waals surface area contributed by atoms with E-state index in [2.05, 4.69) is 15.0 Å². The van der Waals surface area contributed by atoms with Gasteiger partial charge < -0.3 is 19.6 Å². The molecule has 0 saturated carbocycles. The molecule has 0 bridgehead atoms. The van der Waals surface area contributed by atoms with Gasteiger partial charge in [-0.2, -0.15) is 0 Å². The molecule has 1 heterocycles. The van der Waals surface area contributed by atoms with Crippen molar-refractivity contribution >= 4 is 19.4 Å². The molecule has 2 N–H and O–H groups in total. The van der Waals surface area contributed by atoms with Gasteiger partial charge in [-0.15, -0.1) is 0 Å². The van der Waals surface area contributed by atoms with Crippen LogP contribution in [-0.4, -0.2) is 36.2 Å². The van der Waals surface area contributed by atoms with Crippen LogP contribution >= 0.6 is 7.60 Å². The fourth-order valence-electron chi connectivity index (χ4n) is 1.55. The number of aryl methyl sites for hydroxylation is 1. The summed E-state index contributed by atoms with van der Waals surface area (Å²) < 4.78 is 22.4. The minimum absolute atomic E-state index is 0.106. The summed E-state index contributed by atoms with van der Waals surface area (Å²) in [4.78, 5) is 20.4. The lowest BCUT2D eigenvalue weighted by molar-refractivity contribution is 0.0508. The number of carbonyl (C=O) groups is 1. The van der Waals surface area contributed by atoms with E-state index in [0.717, 1.165) is 0 Å². The number of nitrogens with zero attached hydrogens (tertiary/aromatic N) is 2. The van der Waals surface area contributed by atoms with Crippen LogP contribution in [0.15, 0.2) is 23.4 Å². The Balaban J connectivity index is 2.68. The average Bonchev–Trinajstić information content (AvgIpc) is 2.45. The lowest BCUT2D eigenvalue weighted by Gasteiger charge is -2.15. The van der Waals surface area contributed by atoms with Gasteiger partial charge in [0.05, 0.1) is 13.2 Å². The quantitative estimate of drug-likeness (QED) is 0.255. The highest BCUT2D eigenvalue weighted by molar-refractivity contribution is 7.54. The molecule has 1 rings (SSSR count). The molecule has 1 aromatic heterocycles. The molecular weight excluding hydrogens is 309 g/mol. The van der Waals surface area contributed by atoms with Crippen LogP contribution in [0.2, 0.25) is 0 Å². The summed E-state index contributed by atoms with van der Waals surface area (Å²) in [6, 6.07) is 4.91. The normalized spacial score (nSPS) is 12.2. The van der Waals surface area contributed by atoms with Crippen LogP contribution in [0.1, 0.15) is 30.0 Å². The van der Waals surface area contributed by atoms with E-state index in [0.29, 0.717) is 5.69 Å². The molecule has 0 unspecified atom stereocenters. The number of amidine groups is 1. The molecule has 0 spiro atoms. The number of oxime groups is 1. The Bertz CT molecular complexity index is 581. The lowest BCUT2D eigenvalue weighted by atomic mass is 10.3. The molecule has 8 nitrogen and oxygen atoms in total. The third kappa shape index (κ3) is 5.93. The number of rotatable bonds is 8. The highest BCUT2D eigenvalue weighted by Gasteiger charge is 2.25. The molecule has 0 fully saturated rings. The van der Waals surface area contributed by atoms with Crippen molar-refractivity contribution in [3.05, 3.63) is 29.6 Å². The molecule has 0 aliphatic heterocycles. The zero-order valence-corrected chi connectivity index (χ0v) is 13.7. The van der Waals surface area contributed by atoms with Crippen LogP contribution in [0.3, 0.4) is 0 Å². The third-order valence-electron chi connectivity index (χ3n) is 2.35. The van der Waals surface area contributed by atoms with Crippen molar-refractivity contribution in [1.82, 2.24) is 4.98 Å². The first-order chi connectivity index (χ1) is 10.4. The Labute approximate surface area is 129 Å². The van der Waals surface area contributed by atoms with Crippen molar-refractivity contribution in [2.75, 3.05) is 19.4 Å². The van der Waals surface area contributed by atoms with E-state index in [1.54, 1.807) is 32.9 Å². The van der Waals surface area contributed by atoms with Gasteiger partial charge in [-0.05, 0) is 32.9 Å². The maximum atomic E-state index is 12.2. The first-order valence-corrected chi connectivity index (χ1v) is 8.48. The van der Waals surface area contributed by atoms with Gasteiger partial charge in [0.1, 0.15) is 6.16 Å². The largest absolute Gasteiger partial charge is 0.384 e. The third-order valence-corrected chi connectivity index (χ3v) is 4.36. The fraction of sp³-hybridized carbons (Fsp3) is 0.462. The van der Waals surface area contributed by atoms with Gasteiger partial charge in [0.25, 0.3) is 0 Å². The van der Waals surface area contributed by atoms with E-state index >= 15 is 0 Å². The lowest BCUT2D eigenvalue weighted by Crippen LogP contribution is -2.20. The minimum atomic E-state index is -3.38. The van der Waals surface area contributed by atoms with Crippen LogP contribution in [0.4, 0.5) is 0 Å². The summed E-state index contributed by atoms with van der Waals surface area (Å²) in [5.74, 6) is -0.916. The van der Waals surface area contributed by atoms with E-state index < -0.39 is 13.6 Å². The second-order valence-corrected chi connectivity index (χ2v) is 6.28. The van der Waals surface area contributed by atoms with Crippen molar-refractivity contribution in [3.63, 3.8) is 0 Å². The zero-order chi connectivity index (χ0) is 16.6. The molecule has 0 atom stereocenters. The molecule has 9 heteroatoms. The van der Waals surface area contributed by atoms with Crippen molar-refractivity contribution in [3.8, 4) is 0 Å². The summed E-state index contributed by atoms with van der Waals surface area (Å²) in [7, 11) is -3.38. The maximum Gasteiger partial charge on any atom is 0.383 e. The van der Waals surface area contributed by atoms with Crippen LogP contribution in [0.5, 0.6) is 0 Å². The predicted molar refractivity (Wildman–Crippen MR) is 81.7 cm³/mol. The molecule has 0 aliphatic carbocycles. The number of pyridine rings is 1. The number of aromatic nitrogens is 1. The SMILES string of the molecule is CCOP(=O)(C/C(N)=N/OC(=O)c1cccc(C)n1)OCC. The molecule has 1 aromatic rings. The van der Waals surface area contributed by atoms with Crippen LogP contribution in [0.25, 0.3) is 0 Å². The monoisotopic (exact) mass is 329 g/mol. The second-order valence-electron chi connectivity index (χ2n) is 4.23. The molecule has 0 radical (unpaired) electrons. The van der Waals surface area contributed by atoms with E-state index in [-0.39, 0.29) is 30.9 Å². The standard InChI is InChI=1S/C13H20N3O5P/c1-4-19-22(18,20-5-2)9-12(14)16-21-13(17)11-8-6-7-10(3)15-11/h6-8H,4-5,9H2,1-3H3,(H2,14,16). The van der Waals surface area contributed by atoms with E-state index in [4.69, 9.17) is 14.8 Å². The average molecular weight is 329 g/mol. The highest BCUT2D eigenvalue weighted by atomic mass is 31.2. The van der Waals surface area contributed by atoms with Gasteiger partial charge in [0, 0.05) is 5.69 Å². The van der Waals surface area contributed by atoms with Crippen LogP contribution in [0, 0.1) is 6.92 Å². The maximum absolute atomic E-state index is 12.2. The molecule has 0 aliphatic rings. The molecular formula is C13H20N3O5P. The van der Waals surface area contributed by atoms with E-state index in [1.165, 1.54) is 6.07 Å². The summed E-state index contributed by atoms with van der Waals surface area (Å²) in [6.07, 6.45) is -0.261. The first-order valence-electron chi connectivity index (χ1n) is 6.75. The Morgan fingerprint density at radius 2 is 1.95 bits per heavy atom. The molecule has 0 saturated heterocycles. The number of hydrogen-bond donors (Lipinski definition) is 1. The first kappa shape index (κ1) is 18.3. The molecule has 22 heavy (non-hydrogen) atoms. The molecule has 0 amide bonds. The second kappa shape index (κ2) is 8.63. The predicted octanol–water partition coefficient (Wildman–Crippen LogP) is 2.09. The Morgan fingerprint density at radius 1 is 1.32 bits per heavy atom. The Hall–Kier alpha value is -1.76. The van der Waals surface area contributed by atoms with Crippen LogP contribution < -0.4 is 5.73 Å². The number of hydrogen-bond acceptors (Lipinski definition) is 7. The molecule has 0 aromatic carbocycles. The van der Waals surface area contributed by atoms with E-state index in [1.807, 2.05) is 0 Å². The van der Waals surface area contributed by atoms with Crippen molar-refractivity contribution in [1.29, 1.82) is 0 Å². The van der Waals surface area contributed by atoms with Gasteiger partial charge in [0.2, 0.25) is 0 Å². The number of carbonyl (C=O) groups excluding carboxylic acids is 1. The van der Waals surface area contributed by atoms with Gasteiger partial charge >= 0.3 is 13.6 Å². The van der Waals surface area contributed by atoms with Crippen molar-refractivity contribution in [2.24, 2.45) is 10.9 Å². The smallest absolute Gasteiger partial charge is 0.383 e. The summed E-state index contributed by atoms with van der Waals surface area (Å²) >= 11 is 0. The fourth-order valence-corrected chi connectivity index (χ4v) is 3.05. The Morgan fingerprint density at radius 3 is 2.50 bits per heavy atom.